The van der Waals surface area contributed by atoms with Crippen LogP contribution in [0.15, 0.2) is 18.2 Å². The third-order valence-corrected chi connectivity index (χ3v) is 2.65. The van der Waals surface area contributed by atoms with Crippen LogP contribution >= 0.6 is 0 Å². The molecule has 1 aromatic carbocycles. The fourth-order valence-corrected chi connectivity index (χ4v) is 1.64. The number of amides is 1. The molecule has 21 heavy (non-hydrogen) atoms. The van der Waals surface area contributed by atoms with Gasteiger partial charge in [-0.2, -0.15) is 0 Å². The van der Waals surface area contributed by atoms with Crippen LogP contribution in [0.1, 0.15) is 13.3 Å². The van der Waals surface area contributed by atoms with Crippen molar-refractivity contribution in [3.05, 3.63) is 28.3 Å². The lowest BCUT2D eigenvalue weighted by molar-refractivity contribution is -0.384. The lowest BCUT2D eigenvalue weighted by atomic mass is 10.2. The molecule has 0 aromatic heterocycles. The van der Waals surface area contributed by atoms with E-state index in [4.69, 9.17) is 5.11 Å². The molecule has 1 aromatic rings. The van der Waals surface area contributed by atoms with Gasteiger partial charge in [-0.3, -0.25) is 14.9 Å². The predicted molar refractivity (Wildman–Crippen MR) is 80.5 cm³/mol. The smallest absolute Gasteiger partial charge is 0.271 e. The van der Waals surface area contributed by atoms with Crippen LogP contribution in [0.25, 0.3) is 0 Å². The summed E-state index contributed by atoms with van der Waals surface area (Å²) < 4.78 is 0. The first-order chi connectivity index (χ1) is 10.1. The molecule has 0 fully saturated rings. The van der Waals surface area contributed by atoms with Gasteiger partial charge in [0.05, 0.1) is 29.4 Å². The molecule has 0 aliphatic carbocycles. The van der Waals surface area contributed by atoms with E-state index in [2.05, 4.69) is 16.0 Å². The molecular formula is C13H20N4O4. The van der Waals surface area contributed by atoms with E-state index in [1.807, 2.05) is 6.92 Å². The molecule has 1 rings (SSSR count). The first-order valence-electron chi connectivity index (χ1n) is 6.72. The topological polar surface area (TPSA) is 117 Å². The highest BCUT2D eigenvalue weighted by atomic mass is 16.6. The number of carbonyl (C=O) groups excluding carboxylic acids is 1. The Hall–Kier alpha value is -2.35. The summed E-state index contributed by atoms with van der Waals surface area (Å²) in [6.07, 6.45) is 0.839. The van der Waals surface area contributed by atoms with E-state index in [9.17, 15) is 14.9 Å². The molecule has 0 radical (unpaired) electrons. The van der Waals surface area contributed by atoms with Crippen molar-refractivity contribution in [2.24, 2.45) is 0 Å². The van der Waals surface area contributed by atoms with Gasteiger partial charge in [-0.25, -0.2) is 0 Å². The van der Waals surface area contributed by atoms with Crippen LogP contribution in [0.3, 0.4) is 0 Å². The normalized spacial score (nSPS) is 10.0. The first-order valence-corrected chi connectivity index (χ1v) is 6.72. The summed E-state index contributed by atoms with van der Waals surface area (Å²) in [7, 11) is 0. The molecular weight excluding hydrogens is 276 g/mol. The second kappa shape index (κ2) is 8.75. The lowest BCUT2D eigenvalue weighted by Crippen LogP contribution is -2.30. The Balaban J connectivity index is 2.77. The number of anilines is 2. The minimum absolute atomic E-state index is 0.0228. The van der Waals surface area contributed by atoms with Crippen molar-refractivity contribution in [2.45, 2.75) is 13.3 Å². The van der Waals surface area contributed by atoms with Crippen LogP contribution < -0.4 is 16.0 Å². The molecule has 0 saturated carbocycles. The Morgan fingerprint density at radius 1 is 1.29 bits per heavy atom. The van der Waals surface area contributed by atoms with Crippen molar-refractivity contribution >= 4 is 23.0 Å². The fourth-order valence-electron chi connectivity index (χ4n) is 1.64. The van der Waals surface area contributed by atoms with Gasteiger partial charge in [0.1, 0.15) is 0 Å². The molecule has 0 unspecified atom stereocenters. The van der Waals surface area contributed by atoms with Gasteiger partial charge < -0.3 is 21.1 Å². The van der Waals surface area contributed by atoms with Crippen molar-refractivity contribution in [3.8, 4) is 0 Å². The van der Waals surface area contributed by atoms with Crippen molar-refractivity contribution in [3.63, 3.8) is 0 Å². The number of hydrogen-bond donors (Lipinski definition) is 4. The summed E-state index contributed by atoms with van der Waals surface area (Å²) in [6.45, 7) is 2.81. The Morgan fingerprint density at radius 3 is 2.67 bits per heavy atom. The second-order valence-electron chi connectivity index (χ2n) is 4.34. The zero-order valence-electron chi connectivity index (χ0n) is 11.9. The number of nitro groups is 1. The zero-order chi connectivity index (χ0) is 15.7. The van der Waals surface area contributed by atoms with E-state index in [0.29, 0.717) is 24.5 Å². The molecule has 116 valence electrons. The van der Waals surface area contributed by atoms with Crippen molar-refractivity contribution < 1.29 is 14.8 Å². The number of benzene rings is 1. The van der Waals surface area contributed by atoms with Crippen molar-refractivity contribution in [2.75, 3.05) is 36.9 Å². The van der Waals surface area contributed by atoms with E-state index in [0.717, 1.165) is 6.42 Å². The number of nitro benzene ring substituents is 1. The number of nitrogens with one attached hydrogen (secondary N) is 3. The summed E-state index contributed by atoms with van der Waals surface area (Å²) in [5.41, 5.74) is 0.975. The number of aliphatic hydroxyl groups excluding tert-OH is 1. The Morgan fingerprint density at radius 2 is 2.05 bits per heavy atom. The maximum atomic E-state index is 11.6. The third kappa shape index (κ3) is 5.65. The van der Waals surface area contributed by atoms with Crippen molar-refractivity contribution in [1.29, 1.82) is 0 Å². The summed E-state index contributed by atoms with van der Waals surface area (Å²) >= 11 is 0. The largest absolute Gasteiger partial charge is 0.395 e. The van der Waals surface area contributed by atoms with Gasteiger partial charge in [0.25, 0.3) is 5.69 Å². The highest BCUT2D eigenvalue weighted by molar-refractivity contribution is 5.83. The molecule has 8 heteroatoms. The number of nitrogens with zero attached hydrogens (tertiary/aromatic N) is 1. The predicted octanol–water partition coefficient (Wildman–Crippen LogP) is 0.937. The van der Waals surface area contributed by atoms with Crippen molar-refractivity contribution in [1.82, 2.24) is 5.32 Å². The van der Waals surface area contributed by atoms with Crippen LogP contribution in [0.2, 0.25) is 0 Å². The minimum atomic E-state index is -0.502. The number of hydrogen-bond acceptors (Lipinski definition) is 6. The Bertz CT molecular complexity index is 493. The average molecular weight is 296 g/mol. The summed E-state index contributed by atoms with van der Waals surface area (Å²) in [6, 6.07) is 4.26. The van der Waals surface area contributed by atoms with Gasteiger partial charge in [-0.1, -0.05) is 6.92 Å². The fraction of sp³-hybridized carbons (Fsp3) is 0.462. The maximum absolute atomic E-state index is 11.6. The van der Waals surface area contributed by atoms with Crippen LogP contribution in [0, 0.1) is 10.1 Å². The number of non-ortho nitro benzene ring substituents is 1. The molecule has 0 spiro atoms. The van der Waals surface area contributed by atoms with E-state index in [1.165, 1.54) is 12.1 Å². The minimum Gasteiger partial charge on any atom is -0.395 e. The first kappa shape index (κ1) is 16.7. The molecule has 0 bridgehead atoms. The van der Waals surface area contributed by atoms with Crippen LogP contribution in [-0.2, 0) is 4.79 Å². The average Bonchev–Trinajstić information content (AvgIpc) is 2.48. The van der Waals surface area contributed by atoms with Gasteiger partial charge in [-0.05, 0) is 12.5 Å². The summed E-state index contributed by atoms with van der Waals surface area (Å²) in [4.78, 5) is 21.8. The van der Waals surface area contributed by atoms with Gasteiger partial charge in [0, 0.05) is 25.2 Å². The highest BCUT2D eigenvalue weighted by Crippen LogP contribution is 2.26. The third-order valence-electron chi connectivity index (χ3n) is 2.65. The highest BCUT2D eigenvalue weighted by Gasteiger charge is 2.11. The number of rotatable bonds is 9. The maximum Gasteiger partial charge on any atom is 0.271 e. The lowest BCUT2D eigenvalue weighted by Gasteiger charge is -2.13. The summed E-state index contributed by atoms with van der Waals surface area (Å²) in [5, 5.41) is 28.1. The quantitative estimate of drug-likeness (QED) is 0.398. The van der Waals surface area contributed by atoms with E-state index in [1.54, 1.807) is 6.07 Å². The standard InChI is InChI=1S/C13H20N4O4/c1-2-5-15-13(19)9-16-12-8-10(17(20)21)3-4-11(12)14-6-7-18/h3-4,8,14,16,18H,2,5-7,9H2,1H3,(H,15,19). The van der Waals surface area contributed by atoms with Crippen LogP contribution in [-0.4, -0.2) is 42.2 Å². The zero-order valence-corrected chi connectivity index (χ0v) is 11.9. The van der Waals surface area contributed by atoms with E-state index < -0.39 is 4.92 Å². The van der Waals surface area contributed by atoms with Gasteiger partial charge in [0.2, 0.25) is 5.91 Å². The van der Waals surface area contributed by atoms with E-state index in [-0.39, 0.29) is 24.7 Å². The molecule has 1 amide bonds. The van der Waals surface area contributed by atoms with Gasteiger partial charge >= 0.3 is 0 Å². The monoisotopic (exact) mass is 296 g/mol. The summed E-state index contributed by atoms with van der Waals surface area (Å²) in [5.74, 6) is -0.184. The van der Waals surface area contributed by atoms with Crippen LogP contribution in [0.5, 0.6) is 0 Å². The molecule has 0 atom stereocenters. The number of aliphatic hydroxyl groups is 1. The van der Waals surface area contributed by atoms with Crippen LogP contribution in [0.4, 0.5) is 17.1 Å². The second-order valence-corrected chi connectivity index (χ2v) is 4.34. The van der Waals surface area contributed by atoms with E-state index >= 15 is 0 Å². The SMILES string of the molecule is CCCNC(=O)CNc1cc([N+](=O)[O-])ccc1NCCO. The van der Waals surface area contributed by atoms with Gasteiger partial charge in [-0.15, -0.1) is 0 Å². The molecule has 0 aliphatic rings. The molecule has 0 heterocycles. The Labute approximate surface area is 122 Å². The molecule has 4 N–H and O–H groups in total. The Kier molecular flexibility index (Phi) is 6.96. The molecule has 0 saturated heterocycles. The number of carbonyl (C=O) groups is 1. The molecule has 0 aliphatic heterocycles. The van der Waals surface area contributed by atoms with Gasteiger partial charge in [0.15, 0.2) is 0 Å². The molecule has 8 nitrogen and oxygen atoms in total.